The van der Waals surface area contributed by atoms with Crippen molar-refractivity contribution in [1.29, 1.82) is 0 Å². The number of hydrogen-bond donors (Lipinski definition) is 0. The molecule has 0 aromatic carbocycles. The quantitative estimate of drug-likeness (QED) is 0.542. The predicted molar refractivity (Wildman–Crippen MR) is 53.8 cm³/mol. The van der Waals surface area contributed by atoms with Gasteiger partial charge in [0.2, 0.25) is 0 Å². The van der Waals surface area contributed by atoms with E-state index in [0.29, 0.717) is 0 Å². The number of ketones is 1. The largest absolute Gasteiger partial charge is 0.294 e. The Hall–Kier alpha value is -0.600. The van der Waals surface area contributed by atoms with Crippen LogP contribution in [0.1, 0.15) is 10.4 Å². The second-order valence-corrected chi connectivity index (χ2v) is 3.62. The molecule has 0 spiro atoms. The number of thiophene rings is 1. The van der Waals surface area contributed by atoms with Gasteiger partial charge in [-0.2, -0.15) is 0 Å². The van der Waals surface area contributed by atoms with Crippen LogP contribution in [0.5, 0.6) is 0 Å². The van der Waals surface area contributed by atoms with Crippen LogP contribution < -0.4 is 0 Å². The lowest BCUT2D eigenvalue weighted by atomic mass is 10.2. The van der Waals surface area contributed by atoms with Crippen LogP contribution in [0.3, 0.4) is 0 Å². The van der Waals surface area contributed by atoms with Gasteiger partial charge < -0.3 is 0 Å². The highest BCUT2D eigenvalue weighted by Gasteiger charge is 1.95. The summed E-state index contributed by atoms with van der Waals surface area (Å²) in [6.45, 7) is 2.02. The van der Waals surface area contributed by atoms with E-state index < -0.39 is 0 Å². The predicted octanol–water partition coefficient (Wildman–Crippen LogP) is 2.88. The minimum Gasteiger partial charge on any atom is -0.294 e. The Morgan fingerprint density at radius 3 is 3.00 bits per heavy atom. The third kappa shape index (κ3) is 2.47. The molecule has 0 unspecified atom stereocenters. The van der Waals surface area contributed by atoms with Crippen molar-refractivity contribution < 1.29 is 4.79 Å². The van der Waals surface area contributed by atoms with Gasteiger partial charge in [-0.1, -0.05) is 0 Å². The monoisotopic (exact) mass is 200 g/mol. The van der Waals surface area contributed by atoms with Gasteiger partial charge in [0.1, 0.15) is 0 Å². The van der Waals surface area contributed by atoms with Crippen molar-refractivity contribution in [3.05, 3.63) is 28.0 Å². The van der Waals surface area contributed by atoms with Crippen LogP contribution >= 0.6 is 22.9 Å². The van der Waals surface area contributed by atoms with E-state index in [1.54, 1.807) is 11.3 Å². The number of carbonyl (C=O) groups excluding carboxylic acids is 1. The van der Waals surface area contributed by atoms with Gasteiger partial charge in [0, 0.05) is 4.88 Å². The molecule has 3 heteroatoms. The van der Waals surface area contributed by atoms with E-state index in [2.05, 4.69) is 0 Å². The van der Waals surface area contributed by atoms with E-state index in [9.17, 15) is 4.79 Å². The Morgan fingerprint density at radius 2 is 2.50 bits per heavy atom. The molecule has 0 aliphatic rings. The average Bonchev–Trinajstić information content (AvgIpc) is 2.47. The number of halogens is 1. The van der Waals surface area contributed by atoms with Crippen LogP contribution in [0, 0.1) is 6.92 Å². The summed E-state index contributed by atoms with van der Waals surface area (Å²) in [6.07, 6.45) is 3.33. The molecular weight excluding hydrogens is 192 g/mol. The molecule has 12 heavy (non-hydrogen) atoms. The Balaban J connectivity index is 2.69. The van der Waals surface area contributed by atoms with Crippen molar-refractivity contribution in [2.75, 3.05) is 5.88 Å². The Kier molecular flexibility index (Phi) is 3.50. The minimum atomic E-state index is -0.0514. The van der Waals surface area contributed by atoms with E-state index in [1.807, 2.05) is 24.4 Å². The number of carbonyl (C=O) groups is 1. The highest BCUT2D eigenvalue weighted by molar-refractivity contribution is 7.11. The van der Waals surface area contributed by atoms with Gasteiger partial charge >= 0.3 is 0 Å². The maximum atomic E-state index is 10.8. The zero-order valence-electron chi connectivity index (χ0n) is 6.71. The van der Waals surface area contributed by atoms with Crippen molar-refractivity contribution in [1.82, 2.24) is 0 Å². The second-order valence-electron chi connectivity index (χ2n) is 2.40. The van der Waals surface area contributed by atoms with Crippen LogP contribution in [-0.2, 0) is 4.79 Å². The number of rotatable bonds is 3. The summed E-state index contributed by atoms with van der Waals surface area (Å²) in [6, 6.07) is 2.02. The number of allylic oxidation sites excluding steroid dienone is 1. The van der Waals surface area contributed by atoms with Crippen LogP contribution in [-0.4, -0.2) is 11.7 Å². The summed E-state index contributed by atoms with van der Waals surface area (Å²) in [5.74, 6) is 0.00505. The highest BCUT2D eigenvalue weighted by Crippen LogP contribution is 2.16. The summed E-state index contributed by atoms with van der Waals surface area (Å²) >= 11 is 6.95. The Morgan fingerprint density at radius 1 is 1.75 bits per heavy atom. The van der Waals surface area contributed by atoms with E-state index in [1.165, 1.54) is 11.6 Å². The van der Waals surface area contributed by atoms with Gasteiger partial charge in [0.15, 0.2) is 5.78 Å². The molecule has 1 rings (SSSR count). The molecule has 0 atom stereocenters. The van der Waals surface area contributed by atoms with E-state index in [0.717, 1.165) is 4.88 Å². The standard InChI is InChI=1S/C9H9ClOS/c1-7-4-5-12-9(7)3-2-8(11)6-10/h2-5H,6H2,1H3. The fraction of sp³-hybridized carbons (Fsp3) is 0.222. The van der Waals surface area contributed by atoms with E-state index in [-0.39, 0.29) is 11.7 Å². The molecule has 0 aliphatic heterocycles. The maximum absolute atomic E-state index is 10.8. The molecule has 1 aromatic heterocycles. The topological polar surface area (TPSA) is 17.1 Å². The summed E-state index contributed by atoms with van der Waals surface area (Å²) in [4.78, 5) is 11.9. The van der Waals surface area contributed by atoms with Gasteiger partial charge in [0.05, 0.1) is 5.88 Å². The van der Waals surface area contributed by atoms with Crippen molar-refractivity contribution in [3.63, 3.8) is 0 Å². The average molecular weight is 201 g/mol. The highest BCUT2D eigenvalue weighted by atomic mass is 35.5. The first kappa shape index (κ1) is 9.49. The molecule has 64 valence electrons. The van der Waals surface area contributed by atoms with Crippen LogP contribution in [0.2, 0.25) is 0 Å². The molecular formula is C9H9ClOS. The van der Waals surface area contributed by atoms with Gasteiger partial charge in [-0.15, -0.1) is 22.9 Å². The SMILES string of the molecule is Cc1ccsc1C=CC(=O)CCl. The number of hydrogen-bond acceptors (Lipinski definition) is 2. The molecule has 0 bridgehead atoms. The Bertz CT molecular complexity index is 301. The third-order valence-corrected chi connectivity index (χ3v) is 2.70. The first-order valence-electron chi connectivity index (χ1n) is 3.55. The zero-order valence-corrected chi connectivity index (χ0v) is 8.28. The molecule has 0 aliphatic carbocycles. The Labute approximate surface area is 80.7 Å². The van der Waals surface area contributed by atoms with Crippen LogP contribution in [0.25, 0.3) is 6.08 Å². The molecule has 1 heterocycles. The summed E-state index contributed by atoms with van der Waals surface area (Å²) < 4.78 is 0. The van der Waals surface area contributed by atoms with Crippen LogP contribution in [0.15, 0.2) is 17.5 Å². The summed E-state index contributed by atoms with van der Waals surface area (Å²) in [5, 5.41) is 2.00. The number of aryl methyl sites for hydroxylation is 1. The lowest BCUT2D eigenvalue weighted by molar-refractivity contribution is -0.112. The van der Waals surface area contributed by atoms with Crippen LogP contribution in [0.4, 0.5) is 0 Å². The molecule has 1 aromatic rings. The lowest BCUT2D eigenvalue weighted by Gasteiger charge is -1.87. The molecule has 0 radical (unpaired) electrons. The van der Waals surface area contributed by atoms with E-state index in [4.69, 9.17) is 11.6 Å². The summed E-state index contributed by atoms with van der Waals surface area (Å²) in [7, 11) is 0. The first-order chi connectivity index (χ1) is 5.74. The molecule has 1 nitrogen and oxygen atoms in total. The van der Waals surface area contributed by atoms with E-state index >= 15 is 0 Å². The number of alkyl halides is 1. The maximum Gasteiger partial charge on any atom is 0.170 e. The van der Waals surface area contributed by atoms with Gasteiger partial charge in [-0.25, -0.2) is 0 Å². The minimum absolute atomic E-state index is 0.0514. The smallest absolute Gasteiger partial charge is 0.170 e. The summed E-state index contributed by atoms with van der Waals surface area (Å²) in [5.41, 5.74) is 1.19. The van der Waals surface area contributed by atoms with Gasteiger partial charge in [-0.3, -0.25) is 4.79 Å². The molecule has 0 N–H and O–H groups in total. The second kappa shape index (κ2) is 4.43. The van der Waals surface area contributed by atoms with Crippen molar-refractivity contribution >= 4 is 34.8 Å². The fourth-order valence-electron chi connectivity index (χ4n) is 0.768. The normalized spacial score (nSPS) is 10.8. The molecule has 0 amide bonds. The van der Waals surface area contributed by atoms with Gasteiger partial charge in [0.25, 0.3) is 0 Å². The molecule has 0 saturated heterocycles. The fourth-order valence-corrected chi connectivity index (χ4v) is 1.68. The first-order valence-corrected chi connectivity index (χ1v) is 4.96. The molecule has 0 saturated carbocycles. The molecule has 0 fully saturated rings. The van der Waals surface area contributed by atoms with Crippen molar-refractivity contribution in [2.45, 2.75) is 6.92 Å². The van der Waals surface area contributed by atoms with Gasteiger partial charge in [-0.05, 0) is 36.1 Å². The zero-order chi connectivity index (χ0) is 8.97. The van der Waals surface area contributed by atoms with Crippen molar-refractivity contribution in [2.24, 2.45) is 0 Å². The van der Waals surface area contributed by atoms with Crippen molar-refractivity contribution in [3.8, 4) is 0 Å². The third-order valence-electron chi connectivity index (χ3n) is 1.45. The lowest BCUT2D eigenvalue weighted by Crippen LogP contribution is -1.91.